The monoisotopic (exact) mass is 235 g/mol. The minimum absolute atomic E-state index is 0.0360. The molecule has 0 aliphatic carbocycles. The van der Waals surface area contributed by atoms with Crippen LogP contribution >= 0.6 is 0 Å². The van der Waals surface area contributed by atoms with Gasteiger partial charge in [0.15, 0.2) is 6.29 Å². The summed E-state index contributed by atoms with van der Waals surface area (Å²) in [5.41, 5.74) is 7.81. The number of amides is 1. The molecule has 1 saturated heterocycles. The molecule has 6 nitrogen and oxygen atoms in total. The Morgan fingerprint density at radius 3 is 2.59 bits per heavy atom. The number of benzene rings is 1. The van der Waals surface area contributed by atoms with Crippen molar-refractivity contribution in [3.8, 4) is 0 Å². The Bertz CT molecular complexity index is 389. The van der Waals surface area contributed by atoms with Gasteiger partial charge in [0.1, 0.15) is 0 Å². The number of nitrogens with one attached hydrogen (secondary N) is 4. The van der Waals surface area contributed by atoms with E-state index in [2.05, 4.69) is 21.5 Å². The Hall–Kier alpha value is -1.79. The molecule has 4 N–H and O–H groups in total. The summed E-state index contributed by atoms with van der Waals surface area (Å²) in [7, 11) is 3.99. The second-order valence-corrected chi connectivity index (χ2v) is 4.08. The Morgan fingerprint density at radius 1 is 1.29 bits per heavy atom. The lowest BCUT2D eigenvalue weighted by Crippen LogP contribution is -2.63. The van der Waals surface area contributed by atoms with E-state index in [1.54, 1.807) is 0 Å². The van der Waals surface area contributed by atoms with Crippen LogP contribution in [0.1, 0.15) is 0 Å². The number of rotatable bonds is 3. The van der Waals surface area contributed by atoms with Crippen molar-refractivity contribution in [3.05, 3.63) is 24.3 Å². The molecule has 0 spiro atoms. The van der Waals surface area contributed by atoms with Crippen molar-refractivity contribution in [2.45, 2.75) is 6.29 Å². The van der Waals surface area contributed by atoms with E-state index >= 15 is 0 Å². The van der Waals surface area contributed by atoms with Crippen LogP contribution in [0.4, 0.5) is 11.4 Å². The van der Waals surface area contributed by atoms with Crippen molar-refractivity contribution < 1.29 is 4.79 Å². The Balaban J connectivity index is 1.96. The fourth-order valence-electron chi connectivity index (χ4n) is 1.58. The Kier molecular flexibility index (Phi) is 3.46. The molecule has 0 saturated carbocycles. The smallest absolute Gasteiger partial charge is 0.237 e. The van der Waals surface area contributed by atoms with Crippen molar-refractivity contribution in [2.24, 2.45) is 0 Å². The molecule has 1 fully saturated rings. The predicted molar refractivity (Wildman–Crippen MR) is 67.5 cm³/mol. The molecular weight excluding hydrogens is 218 g/mol. The van der Waals surface area contributed by atoms with Gasteiger partial charge in [0.2, 0.25) is 5.91 Å². The van der Waals surface area contributed by atoms with E-state index in [-0.39, 0.29) is 18.7 Å². The minimum atomic E-state index is -0.290. The number of carbonyl (C=O) groups excluding carboxylic acids is 1. The summed E-state index contributed by atoms with van der Waals surface area (Å²) in [6.45, 7) is 0.289. The molecule has 1 aliphatic heterocycles. The van der Waals surface area contributed by atoms with Crippen LogP contribution in [0.15, 0.2) is 24.3 Å². The van der Waals surface area contributed by atoms with E-state index in [1.165, 1.54) is 0 Å². The zero-order valence-electron chi connectivity index (χ0n) is 9.95. The molecule has 1 aromatic carbocycles. The van der Waals surface area contributed by atoms with Crippen molar-refractivity contribution in [2.75, 3.05) is 30.9 Å². The summed E-state index contributed by atoms with van der Waals surface area (Å²) < 4.78 is 0. The number of hydrogen-bond acceptors (Lipinski definition) is 5. The molecule has 92 valence electrons. The van der Waals surface area contributed by atoms with Gasteiger partial charge in [-0.25, -0.2) is 10.9 Å². The van der Waals surface area contributed by atoms with Crippen LogP contribution in [0.5, 0.6) is 0 Å². The van der Waals surface area contributed by atoms with Gasteiger partial charge in [-0.05, 0) is 24.3 Å². The standard InChI is InChI=1S/C11H17N5O/c1-16(2)9-5-3-8(4-6-9)13-11-14-10(17)7-12-15-11/h3-6,11-13,15H,7H2,1-2H3,(H,14,17). The van der Waals surface area contributed by atoms with Gasteiger partial charge >= 0.3 is 0 Å². The van der Waals surface area contributed by atoms with Gasteiger partial charge in [0.25, 0.3) is 0 Å². The maximum atomic E-state index is 11.1. The van der Waals surface area contributed by atoms with E-state index < -0.39 is 0 Å². The summed E-state index contributed by atoms with van der Waals surface area (Å²) in [6, 6.07) is 7.97. The van der Waals surface area contributed by atoms with Crippen LogP contribution in [0.25, 0.3) is 0 Å². The van der Waals surface area contributed by atoms with Crippen molar-refractivity contribution in [3.63, 3.8) is 0 Å². The fraction of sp³-hybridized carbons (Fsp3) is 0.364. The third-order valence-corrected chi connectivity index (χ3v) is 2.50. The zero-order valence-corrected chi connectivity index (χ0v) is 9.95. The average Bonchev–Trinajstić information content (AvgIpc) is 2.29. The molecule has 17 heavy (non-hydrogen) atoms. The first kappa shape index (κ1) is 11.7. The lowest BCUT2D eigenvalue weighted by atomic mass is 10.2. The highest BCUT2D eigenvalue weighted by molar-refractivity contribution is 5.79. The fourth-order valence-corrected chi connectivity index (χ4v) is 1.58. The third-order valence-electron chi connectivity index (χ3n) is 2.50. The van der Waals surface area contributed by atoms with Gasteiger partial charge in [0, 0.05) is 25.5 Å². The Labute approximate surface area is 100 Å². The first-order valence-corrected chi connectivity index (χ1v) is 5.47. The summed E-state index contributed by atoms with van der Waals surface area (Å²) in [5.74, 6) is -0.0360. The highest BCUT2D eigenvalue weighted by atomic mass is 16.2. The molecule has 6 heteroatoms. The lowest BCUT2D eigenvalue weighted by Gasteiger charge is -2.27. The van der Waals surface area contributed by atoms with Gasteiger partial charge in [0.05, 0.1) is 6.54 Å². The zero-order chi connectivity index (χ0) is 12.3. The summed E-state index contributed by atoms with van der Waals surface area (Å²) >= 11 is 0. The molecule has 1 aliphatic rings. The first-order valence-electron chi connectivity index (χ1n) is 5.47. The molecular formula is C11H17N5O. The van der Waals surface area contributed by atoms with Gasteiger partial charge in [-0.3, -0.25) is 4.79 Å². The third kappa shape index (κ3) is 3.08. The molecule has 1 heterocycles. The molecule has 0 aromatic heterocycles. The molecule has 1 amide bonds. The van der Waals surface area contributed by atoms with Gasteiger partial charge in [-0.2, -0.15) is 0 Å². The normalized spacial score (nSPS) is 19.6. The quantitative estimate of drug-likeness (QED) is 0.578. The number of hydrazine groups is 1. The van der Waals surface area contributed by atoms with E-state index in [0.29, 0.717) is 0 Å². The highest BCUT2D eigenvalue weighted by Gasteiger charge is 2.15. The SMILES string of the molecule is CN(C)c1ccc(NC2NNCC(=O)N2)cc1. The van der Waals surface area contributed by atoms with Crippen LogP contribution in [-0.4, -0.2) is 32.8 Å². The maximum absolute atomic E-state index is 11.1. The van der Waals surface area contributed by atoms with Crippen LogP contribution < -0.4 is 26.4 Å². The van der Waals surface area contributed by atoms with Crippen LogP contribution in [0, 0.1) is 0 Å². The minimum Gasteiger partial charge on any atom is -0.378 e. The van der Waals surface area contributed by atoms with Crippen LogP contribution in [0.3, 0.4) is 0 Å². The van der Waals surface area contributed by atoms with E-state index in [1.807, 2.05) is 43.3 Å². The number of hydrogen-bond donors (Lipinski definition) is 4. The molecule has 0 bridgehead atoms. The molecule has 0 radical (unpaired) electrons. The largest absolute Gasteiger partial charge is 0.378 e. The predicted octanol–water partition coefficient (Wildman–Crippen LogP) is -0.328. The maximum Gasteiger partial charge on any atom is 0.237 e. The van der Waals surface area contributed by atoms with Crippen molar-refractivity contribution in [1.82, 2.24) is 16.2 Å². The highest BCUT2D eigenvalue weighted by Crippen LogP contribution is 2.15. The van der Waals surface area contributed by atoms with E-state index in [0.717, 1.165) is 11.4 Å². The second-order valence-electron chi connectivity index (χ2n) is 4.08. The van der Waals surface area contributed by atoms with Crippen molar-refractivity contribution >= 4 is 17.3 Å². The summed E-state index contributed by atoms with van der Waals surface area (Å²) in [4.78, 5) is 13.2. The van der Waals surface area contributed by atoms with E-state index in [4.69, 9.17) is 0 Å². The first-order chi connectivity index (χ1) is 8.15. The lowest BCUT2D eigenvalue weighted by molar-refractivity contribution is -0.122. The molecule has 2 rings (SSSR count). The van der Waals surface area contributed by atoms with Crippen LogP contribution in [0.2, 0.25) is 0 Å². The van der Waals surface area contributed by atoms with Crippen molar-refractivity contribution in [1.29, 1.82) is 0 Å². The average molecular weight is 235 g/mol. The van der Waals surface area contributed by atoms with Crippen LogP contribution in [-0.2, 0) is 4.79 Å². The molecule has 1 aromatic rings. The van der Waals surface area contributed by atoms with Gasteiger partial charge in [-0.1, -0.05) is 0 Å². The summed E-state index contributed by atoms with van der Waals surface area (Å²) in [5, 5.41) is 5.92. The Morgan fingerprint density at radius 2 is 2.00 bits per heavy atom. The molecule has 1 atom stereocenters. The topological polar surface area (TPSA) is 68.4 Å². The number of anilines is 2. The van der Waals surface area contributed by atoms with Gasteiger partial charge in [-0.15, -0.1) is 0 Å². The number of carbonyl (C=O) groups is 1. The number of nitrogens with zero attached hydrogens (tertiary/aromatic N) is 1. The molecule has 1 unspecified atom stereocenters. The van der Waals surface area contributed by atoms with E-state index in [9.17, 15) is 4.79 Å². The van der Waals surface area contributed by atoms with Gasteiger partial charge < -0.3 is 15.5 Å². The second kappa shape index (κ2) is 5.03. The summed E-state index contributed by atoms with van der Waals surface area (Å²) in [6.07, 6.45) is -0.290.